The Morgan fingerprint density at radius 2 is 2.13 bits per heavy atom. The van der Waals surface area contributed by atoms with Gasteiger partial charge in [-0.25, -0.2) is 0 Å². The summed E-state index contributed by atoms with van der Waals surface area (Å²) in [6.45, 7) is 5.86. The van der Waals surface area contributed by atoms with Gasteiger partial charge in [-0.2, -0.15) is 5.10 Å². The Kier molecular flexibility index (Phi) is 3.47. The number of carboxylic acid groups (broad SMARTS) is 1. The van der Waals surface area contributed by atoms with Crippen LogP contribution in [0.5, 0.6) is 0 Å². The second-order valence-corrected chi connectivity index (χ2v) is 4.01. The van der Waals surface area contributed by atoms with Gasteiger partial charge in [-0.1, -0.05) is 13.8 Å². The summed E-state index contributed by atoms with van der Waals surface area (Å²) < 4.78 is 1.61. The van der Waals surface area contributed by atoms with Crippen molar-refractivity contribution in [2.75, 3.05) is 0 Å². The van der Waals surface area contributed by atoms with E-state index in [0.29, 0.717) is 5.92 Å². The molecule has 0 aliphatic carbocycles. The molecule has 0 radical (unpaired) electrons. The summed E-state index contributed by atoms with van der Waals surface area (Å²) in [6, 6.07) is -1.26. The summed E-state index contributed by atoms with van der Waals surface area (Å²) in [7, 11) is 0. The maximum atomic E-state index is 10.7. The monoisotopic (exact) mass is 211 g/mol. The molecule has 15 heavy (non-hydrogen) atoms. The van der Waals surface area contributed by atoms with Crippen LogP contribution in [0, 0.1) is 0 Å². The lowest BCUT2D eigenvalue weighted by Crippen LogP contribution is -2.38. The maximum absolute atomic E-state index is 10.7. The maximum Gasteiger partial charge on any atom is 0.322 e. The van der Waals surface area contributed by atoms with E-state index in [-0.39, 0.29) is 6.04 Å². The second kappa shape index (κ2) is 4.44. The van der Waals surface area contributed by atoms with E-state index in [0.717, 1.165) is 5.56 Å². The number of carbonyl (C=O) groups is 1. The quantitative estimate of drug-likeness (QED) is 0.777. The summed E-state index contributed by atoms with van der Waals surface area (Å²) in [5.74, 6) is -0.629. The molecule has 0 fully saturated rings. The predicted molar refractivity (Wildman–Crippen MR) is 56.6 cm³/mol. The minimum absolute atomic E-state index is 0.338. The lowest BCUT2D eigenvalue weighted by Gasteiger charge is -2.16. The van der Waals surface area contributed by atoms with Crippen LogP contribution in [0.15, 0.2) is 12.4 Å². The molecule has 0 bridgehead atoms. The van der Waals surface area contributed by atoms with Crippen LogP contribution in [0.25, 0.3) is 0 Å². The zero-order valence-corrected chi connectivity index (χ0v) is 9.21. The van der Waals surface area contributed by atoms with E-state index < -0.39 is 12.0 Å². The van der Waals surface area contributed by atoms with Crippen molar-refractivity contribution in [2.45, 2.75) is 38.8 Å². The number of rotatable bonds is 4. The number of nitrogens with two attached hydrogens (primary N) is 1. The molecule has 2 atom stereocenters. The predicted octanol–water partition coefficient (Wildman–Crippen LogP) is 0.979. The molecule has 84 valence electrons. The molecule has 0 spiro atoms. The third-order valence-corrected chi connectivity index (χ3v) is 2.51. The topological polar surface area (TPSA) is 81.1 Å². The highest BCUT2D eigenvalue weighted by Gasteiger charge is 2.22. The van der Waals surface area contributed by atoms with Gasteiger partial charge in [-0.15, -0.1) is 0 Å². The highest BCUT2D eigenvalue weighted by atomic mass is 16.4. The Morgan fingerprint density at radius 3 is 2.53 bits per heavy atom. The number of hydrogen-bond donors (Lipinski definition) is 2. The molecule has 5 nitrogen and oxygen atoms in total. The summed E-state index contributed by atoms with van der Waals surface area (Å²) in [5, 5.41) is 12.9. The van der Waals surface area contributed by atoms with Gasteiger partial charge in [-0.3, -0.25) is 9.48 Å². The molecule has 0 aromatic carbocycles. The fraction of sp³-hybridized carbons (Fsp3) is 0.600. The van der Waals surface area contributed by atoms with Crippen molar-refractivity contribution < 1.29 is 9.90 Å². The zero-order valence-electron chi connectivity index (χ0n) is 9.21. The molecule has 3 N–H and O–H groups in total. The van der Waals surface area contributed by atoms with Gasteiger partial charge in [0.15, 0.2) is 0 Å². The molecule has 0 aliphatic rings. The van der Waals surface area contributed by atoms with Crippen LogP contribution in [0.1, 0.15) is 38.3 Å². The molecule has 1 rings (SSSR count). The normalized spacial score (nSPS) is 15.3. The fourth-order valence-corrected chi connectivity index (χ4v) is 1.24. The van der Waals surface area contributed by atoms with Gasteiger partial charge in [0.05, 0.1) is 12.2 Å². The van der Waals surface area contributed by atoms with Gasteiger partial charge in [0.25, 0.3) is 0 Å². The molecular weight excluding hydrogens is 194 g/mol. The van der Waals surface area contributed by atoms with Crippen LogP contribution < -0.4 is 5.73 Å². The van der Waals surface area contributed by atoms with Crippen molar-refractivity contribution in [2.24, 2.45) is 5.73 Å². The minimum atomic E-state index is -1.01. The number of carboxylic acids is 1. The fourth-order valence-electron chi connectivity index (χ4n) is 1.24. The summed E-state index contributed by atoms with van der Waals surface area (Å²) >= 11 is 0. The first-order chi connectivity index (χ1) is 6.93. The van der Waals surface area contributed by atoms with Crippen LogP contribution in [0.2, 0.25) is 0 Å². The van der Waals surface area contributed by atoms with E-state index in [9.17, 15) is 4.79 Å². The average molecular weight is 211 g/mol. The molecule has 0 amide bonds. The Labute approximate surface area is 88.9 Å². The molecule has 0 saturated carbocycles. The molecule has 5 heteroatoms. The third-order valence-electron chi connectivity index (χ3n) is 2.51. The minimum Gasteiger partial charge on any atom is -0.480 e. The van der Waals surface area contributed by atoms with Crippen molar-refractivity contribution in [3.63, 3.8) is 0 Å². The molecule has 1 heterocycles. The van der Waals surface area contributed by atoms with Crippen LogP contribution in [-0.2, 0) is 4.79 Å². The van der Waals surface area contributed by atoms with Crippen molar-refractivity contribution in [1.82, 2.24) is 9.78 Å². The SMILES string of the molecule is CC(C)c1cnn(C(C)C(N)C(=O)O)c1. The van der Waals surface area contributed by atoms with Gasteiger partial charge >= 0.3 is 5.97 Å². The number of aromatic nitrogens is 2. The first-order valence-corrected chi connectivity index (χ1v) is 4.96. The second-order valence-electron chi connectivity index (χ2n) is 4.01. The number of hydrogen-bond acceptors (Lipinski definition) is 3. The Hall–Kier alpha value is -1.36. The van der Waals surface area contributed by atoms with Crippen molar-refractivity contribution in [3.05, 3.63) is 18.0 Å². The standard InChI is InChI=1S/C10H17N3O2/c1-6(2)8-4-12-13(5-8)7(3)9(11)10(14)15/h4-7,9H,11H2,1-3H3,(H,14,15). The summed E-state index contributed by atoms with van der Waals surface area (Å²) in [6.07, 6.45) is 3.59. The van der Waals surface area contributed by atoms with Crippen LogP contribution in [0.3, 0.4) is 0 Å². The lowest BCUT2D eigenvalue weighted by molar-refractivity contribution is -0.139. The summed E-state index contributed by atoms with van der Waals surface area (Å²) in [4.78, 5) is 10.7. The van der Waals surface area contributed by atoms with Gasteiger partial charge in [0.2, 0.25) is 0 Å². The summed E-state index contributed by atoms with van der Waals surface area (Å²) in [5.41, 5.74) is 6.60. The van der Waals surface area contributed by atoms with E-state index in [1.54, 1.807) is 17.8 Å². The van der Waals surface area contributed by atoms with Gasteiger partial charge in [-0.05, 0) is 18.4 Å². The first kappa shape index (κ1) is 11.7. The highest BCUT2D eigenvalue weighted by Crippen LogP contribution is 2.16. The highest BCUT2D eigenvalue weighted by molar-refractivity contribution is 5.73. The van der Waals surface area contributed by atoms with E-state index in [4.69, 9.17) is 10.8 Å². The van der Waals surface area contributed by atoms with E-state index in [2.05, 4.69) is 18.9 Å². The first-order valence-electron chi connectivity index (χ1n) is 4.96. The van der Waals surface area contributed by atoms with Gasteiger partial charge in [0, 0.05) is 6.20 Å². The Balaban J connectivity index is 2.82. The largest absolute Gasteiger partial charge is 0.480 e. The van der Waals surface area contributed by atoms with Gasteiger partial charge in [0.1, 0.15) is 6.04 Å². The van der Waals surface area contributed by atoms with Crippen molar-refractivity contribution in [3.8, 4) is 0 Å². The van der Waals surface area contributed by atoms with Gasteiger partial charge < -0.3 is 10.8 Å². The number of aliphatic carboxylic acids is 1. The molecule has 1 aromatic rings. The van der Waals surface area contributed by atoms with E-state index in [1.807, 2.05) is 6.20 Å². The van der Waals surface area contributed by atoms with Crippen LogP contribution >= 0.6 is 0 Å². The van der Waals surface area contributed by atoms with E-state index in [1.165, 1.54) is 0 Å². The smallest absolute Gasteiger partial charge is 0.322 e. The van der Waals surface area contributed by atoms with Crippen molar-refractivity contribution in [1.29, 1.82) is 0 Å². The van der Waals surface area contributed by atoms with Crippen LogP contribution in [0.4, 0.5) is 0 Å². The lowest BCUT2D eigenvalue weighted by atomic mass is 10.1. The van der Waals surface area contributed by atoms with Crippen LogP contribution in [-0.4, -0.2) is 26.9 Å². The van der Waals surface area contributed by atoms with E-state index >= 15 is 0 Å². The molecular formula is C10H17N3O2. The zero-order chi connectivity index (χ0) is 11.6. The molecule has 1 aromatic heterocycles. The molecule has 0 aliphatic heterocycles. The Morgan fingerprint density at radius 1 is 1.53 bits per heavy atom. The van der Waals surface area contributed by atoms with Crippen molar-refractivity contribution >= 4 is 5.97 Å². The number of nitrogens with zero attached hydrogens (tertiary/aromatic N) is 2. The third kappa shape index (κ3) is 2.56. The average Bonchev–Trinajstić information content (AvgIpc) is 2.64. The molecule has 2 unspecified atom stereocenters. The molecule has 0 saturated heterocycles. The Bertz CT molecular complexity index is 346.